The number of fused-ring (bicyclic) bond motifs is 1. The highest BCUT2D eigenvalue weighted by Gasteiger charge is 2.27. The Balaban J connectivity index is 2.44. The maximum atomic E-state index is 11.0. The summed E-state index contributed by atoms with van der Waals surface area (Å²) in [6.07, 6.45) is 3.13. The average molecular weight is 151 g/mol. The molecule has 0 bridgehead atoms. The van der Waals surface area contributed by atoms with Gasteiger partial charge in [0.25, 0.3) is 5.91 Å². The van der Waals surface area contributed by atoms with Crippen molar-refractivity contribution < 1.29 is 10.0 Å². The molecule has 1 N–H and O–H groups in total. The van der Waals surface area contributed by atoms with Crippen molar-refractivity contribution in [3.05, 3.63) is 12.3 Å². The van der Waals surface area contributed by atoms with Crippen molar-refractivity contribution in [2.75, 3.05) is 6.67 Å². The van der Waals surface area contributed by atoms with Gasteiger partial charge in [0.05, 0.1) is 5.71 Å². The van der Waals surface area contributed by atoms with Crippen molar-refractivity contribution in [2.45, 2.75) is 0 Å². The first-order chi connectivity index (χ1) is 5.29. The number of carbonyl (C=O) groups is 1. The van der Waals surface area contributed by atoms with Crippen molar-refractivity contribution in [2.24, 2.45) is 9.98 Å². The molecule has 2 heterocycles. The summed E-state index contributed by atoms with van der Waals surface area (Å²) in [6, 6.07) is 0. The highest BCUT2D eigenvalue weighted by molar-refractivity contribution is 6.70. The average Bonchev–Trinajstić information content (AvgIpc) is 2.45. The fourth-order valence-corrected chi connectivity index (χ4v) is 0.949. The first-order valence-electron chi connectivity index (χ1n) is 3.09. The molecule has 2 aliphatic rings. The molecule has 0 aromatic carbocycles. The molecule has 2 aliphatic heterocycles. The van der Waals surface area contributed by atoms with Gasteiger partial charge in [0.1, 0.15) is 6.67 Å². The van der Waals surface area contributed by atoms with E-state index in [1.165, 1.54) is 6.20 Å². The molecular formula is C6H5N3O2. The zero-order valence-corrected chi connectivity index (χ0v) is 5.56. The molecular weight excluding hydrogens is 146 g/mol. The van der Waals surface area contributed by atoms with Gasteiger partial charge in [-0.25, -0.2) is 4.99 Å². The summed E-state index contributed by atoms with van der Waals surface area (Å²) in [5.74, 6) is -0.486. The summed E-state index contributed by atoms with van der Waals surface area (Å²) in [6.45, 7) is -0.00245. The van der Waals surface area contributed by atoms with Crippen LogP contribution in [0, 0.1) is 0 Å². The van der Waals surface area contributed by atoms with Crippen LogP contribution in [-0.4, -0.2) is 34.3 Å². The second-order valence-electron chi connectivity index (χ2n) is 2.18. The van der Waals surface area contributed by atoms with Crippen LogP contribution in [0.1, 0.15) is 0 Å². The van der Waals surface area contributed by atoms with Gasteiger partial charge in [-0.1, -0.05) is 0 Å². The predicted molar refractivity (Wildman–Crippen MR) is 37.5 cm³/mol. The summed E-state index contributed by atoms with van der Waals surface area (Å²) in [5.41, 5.74) is 0.777. The highest BCUT2D eigenvalue weighted by Crippen LogP contribution is 2.06. The monoisotopic (exact) mass is 151 g/mol. The maximum Gasteiger partial charge on any atom is 0.299 e. The van der Waals surface area contributed by atoms with Gasteiger partial charge in [0.15, 0.2) is 5.71 Å². The number of rotatable bonds is 0. The van der Waals surface area contributed by atoms with Crippen LogP contribution >= 0.6 is 0 Å². The SMILES string of the molecule is O=C1C2=NC=CC2=NCN1O. The third-order valence-electron chi connectivity index (χ3n) is 1.49. The summed E-state index contributed by atoms with van der Waals surface area (Å²) >= 11 is 0. The van der Waals surface area contributed by atoms with Crippen LogP contribution in [0.3, 0.4) is 0 Å². The van der Waals surface area contributed by atoms with E-state index in [2.05, 4.69) is 9.98 Å². The topological polar surface area (TPSA) is 65.3 Å². The Labute approximate surface area is 62.3 Å². The summed E-state index contributed by atoms with van der Waals surface area (Å²) < 4.78 is 0. The molecule has 0 spiro atoms. The van der Waals surface area contributed by atoms with Gasteiger partial charge < -0.3 is 0 Å². The van der Waals surface area contributed by atoms with Crippen LogP contribution in [0.5, 0.6) is 0 Å². The molecule has 0 atom stereocenters. The standard InChI is InChI=1S/C6H5N3O2/c10-6-5-4(1-2-7-5)8-3-9(6)11/h1-2,11H,3H2. The minimum Gasteiger partial charge on any atom is -0.284 e. The molecule has 11 heavy (non-hydrogen) atoms. The summed E-state index contributed by atoms with van der Waals surface area (Å²) in [7, 11) is 0. The van der Waals surface area contributed by atoms with Gasteiger partial charge in [-0.05, 0) is 6.08 Å². The van der Waals surface area contributed by atoms with E-state index in [1.54, 1.807) is 6.08 Å². The van der Waals surface area contributed by atoms with Gasteiger partial charge in [-0.3, -0.25) is 15.0 Å². The van der Waals surface area contributed by atoms with E-state index < -0.39 is 5.91 Å². The van der Waals surface area contributed by atoms with E-state index in [1.807, 2.05) is 0 Å². The fourth-order valence-electron chi connectivity index (χ4n) is 0.949. The van der Waals surface area contributed by atoms with E-state index >= 15 is 0 Å². The Hall–Kier alpha value is -1.49. The van der Waals surface area contributed by atoms with Gasteiger partial charge in [0, 0.05) is 6.20 Å². The third kappa shape index (κ3) is 0.779. The molecule has 1 amide bonds. The quantitative estimate of drug-likeness (QED) is 0.478. The molecule has 0 unspecified atom stereocenters. The van der Waals surface area contributed by atoms with Gasteiger partial charge in [-0.2, -0.15) is 5.06 Å². The zero-order valence-electron chi connectivity index (χ0n) is 5.56. The molecule has 5 heteroatoms. The molecule has 0 saturated carbocycles. The Morgan fingerprint density at radius 3 is 3.27 bits per heavy atom. The lowest BCUT2D eigenvalue weighted by molar-refractivity contribution is -0.156. The molecule has 0 fully saturated rings. The van der Waals surface area contributed by atoms with Crippen LogP contribution in [0.2, 0.25) is 0 Å². The maximum absolute atomic E-state index is 11.0. The van der Waals surface area contributed by atoms with Crippen LogP contribution in [0.4, 0.5) is 0 Å². The minimum atomic E-state index is -0.486. The lowest BCUT2D eigenvalue weighted by Crippen LogP contribution is -2.40. The lowest BCUT2D eigenvalue weighted by Gasteiger charge is -2.16. The van der Waals surface area contributed by atoms with Crippen LogP contribution in [0.15, 0.2) is 22.3 Å². The normalized spacial score (nSPS) is 21.5. The molecule has 0 saturated heterocycles. The Bertz CT molecular complexity index is 303. The summed E-state index contributed by atoms with van der Waals surface area (Å²) in [5, 5.41) is 9.43. The number of hydroxylamine groups is 2. The smallest absolute Gasteiger partial charge is 0.284 e. The van der Waals surface area contributed by atoms with E-state index in [0.29, 0.717) is 10.8 Å². The minimum absolute atomic E-state index is 0.00245. The first kappa shape index (κ1) is 6.23. The van der Waals surface area contributed by atoms with Gasteiger partial charge >= 0.3 is 0 Å². The van der Waals surface area contributed by atoms with E-state index in [4.69, 9.17) is 5.21 Å². The third-order valence-corrected chi connectivity index (χ3v) is 1.49. The van der Waals surface area contributed by atoms with Crippen LogP contribution in [-0.2, 0) is 4.79 Å². The highest BCUT2D eigenvalue weighted by atomic mass is 16.5. The van der Waals surface area contributed by atoms with Gasteiger partial charge in [0.2, 0.25) is 0 Å². The molecule has 5 nitrogen and oxygen atoms in total. The lowest BCUT2D eigenvalue weighted by atomic mass is 10.2. The number of allylic oxidation sites excluding steroid dienone is 1. The zero-order chi connectivity index (χ0) is 7.84. The molecule has 2 rings (SSSR count). The fraction of sp³-hybridized carbons (Fsp3) is 0.167. The Kier molecular flexibility index (Phi) is 1.13. The van der Waals surface area contributed by atoms with Crippen LogP contribution in [0.25, 0.3) is 0 Å². The number of hydrogen-bond acceptors (Lipinski definition) is 4. The predicted octanol–water partition coefficient (Wildman–Crippen LogP) is -0.415. The Morgan fingerprint density at radius 2 is 2.45 bits per heavy atom. The van der Waals surface area contributed by atoms with E-state index in [-0.39, 0.29) is 12.4 Å². The largest absolute Gasteiger partial charge is 0.299 e. The second-order valence-corrected chi connectivity index (χ2v) is 2.18. The van der Waals surface area contributed by atoms with E-state index in [0.717, 1.165) is 0 Å². The Morgan fingerprint density at radius 1 is 1.64 bits per heavy atom. The molecule has 0 aliphatic carbocycles. The molecule has 56 valence electrons. The molecule has 0 radical (unpaired) electrons. The number of hydrogen-bond donors (Lipinski definition) is 1. The van der Waals surface area contributed by atoms with Crippen molar-refractivity contribution >= 4 is 17.3 Å². The van der Waals surface area contributed by atoms with Crippen molar-refractivity contribution in [1.29, 1.82) is 0 Å². The van der Waals surface area contributed by atoms with Crippen molar-refractivity contribution in [3.8, 4) is 0 Å². The number of aliphatic imine (C=N–C) groups is 2. The number of carbonyl (C=O) groups excluding carboxylic acids is 1. The number of amides is 1. The van der Waals surface area contributed by atoms with Crippen LogP contribution < -0.4 is 0 Å². The number of nitrogens with zero attached hydrogens (tertiary/aromatic N) is 3. The van der Waals surface area contributed by atoms with Crippen molar-refractivity contribution in [3.63, 3.8) is 0 Å². The van der Waals surface area contributed by atoms with E-state index in [9.17, 15) is 4.79 Å². The van der Waals surface area contributed by atoms with Gasteiger partial charge in [-0.15, -0.1) is 0 Å². The second kappa shape index (κ2) is 2.00. The molecule has 0 aromatic heterocycles. The summed E-state index contributed by atoms with van der Waals surface area (Å²) in [4.78, 5) is 18.7. The van der Waals surface area contributed by atoms with Crippen molar-refractivity contribution in [1.82, 2.24) is 5.06 Å². The first-order valence-corrected chi connectivity index (χ1v) is 3.09. The molecule has 0 aromatic rings.